The molecule has 134 valence electrons. The third-order valence-electron chi connectivity index (χ3n) is 4.78. The molecule has 2 aromatic heterocycles. The fourth-order valence-corrected chi connectivity index (χ4v) is 4.12. The normalized spacial score (nSPS) is 20.0. The lowest BCUT2D eigenvalue weighted by molar-refractivity contribution is 0.0930. The van der Waals surface area contributed by atoms with E-state index in [0.29, 0.717) is 15.9 Å². The molecule has 1 aliphatic carbocycles. The number of nitrogens with one attached hydrogen (secondary N) is 2. The molecule has 7 heteroatoms. The number of benzene rings is 1. The van der Waals surface area contributed by atoms with Gasteiger partial charge >= 0.3 is 0 Å². The van der Waals surface area contributed by atoms with Crippen molar-refractivity contribution >= 4 is 45.4 Å². The summed E-state index contributed by atoms with van der Waals surface area (Å²) in [6.07, 6.45) is 7.40. The summed E-state index contributed by atoms with van der Waals surface area (Å²) in [6, 6.07) is 8.42. The predicted octanol–water partition coefficient (Wildman–Crippen LogP) is 4.50. The summed E-state index contributed by atoms with van der Waals surface area (Å²) >= 11 is 7.43. The van der Waals surface area contributed by atoms with Gasteiger partial charge in [-0.1, -0.05) is 11.6 Å². The van der Waals surface area contributed by atoms with E-state index in [-0.39, 0.29) is 11.9 Å². The Bertz CT molecular complexity index is 907. The number of fused-ring (bicyclic) bond motifs is 1. The van der Waals surface area contributed by atoms with Crippen LogP contribution in [0.3, 0.4) is 0 Å². The minimum Gasteiger partial charge on any atom is -0.382 e. The van der Waals surface area contributed by atoms with Gasteiger partial charge in [-0.2, -0.15) is 0 Å². The molecule has 5 nitrogen and oxygen atoms in total. The van der Waals surface area contributed by atoms with Gasteiger partial charge in [0.2, 0.25) is 0 Å². The van der Waals surface area contributed by atoms with Gasteiger partial charge in [0, 0.05) is 34.4 Å². The minimum atomic E-state index is -0.0130. The van der Waals surface area contributed by atoms with Crippen molar-refractivity contribution in [1.29, 1.82) is 0 Å². The fourth-order valence-electron chi connectivity index (χ4n) is 3.43. The molecule has 0 unspecified atom stereocenters. The highest BCUT2D eigenvalue weighted by Gasteiger charge is 2.23. The van der Waals surface area contributed by atoms with Gasteiger partial charge in [-0.25, -0.2) is 0 Å². The Kier molecular flexibility index (Phi) is 5.04. The molecule has 1 fully saturated rings. The van der Waals surface area contributed by atoms with E-state index in [2.05, 4.69) is 20.6 Å². The van der Waals surface area contributed by atoms with Crippen LogP contribution in [0.25, 0.3) is 10.9 Å². The molecular weight excluding hydrogens is 368 g/mol. The zero-order valence-electron chi connectivity index (χ0n) is 14.1. The zero-order chi connectivity index (χ0) is 17.9. The van der Waals surface area contributed by atoms with Crippen molar-refractivity contribution in [3.8, 4) is 0 Å². The van der Waals surface area contributed by atoms with Gasteiger partial charge in [0.15, 0.2) is 0 Å². The Morgan fingerprint density at radius 2 is 1.96 bits per heavy atom. The zero-order valence-corrected chi connectivity index (χ0v) is 15.7. The first-order valence-electron chi connectivity index (χ1n) is 8.69. The number of hydrogen-bond donors (Lipinski definition) is 2. The highest BCUT2D eigenvalue weighted by molar-refractivity contribution is 7.11. The third-order valence-corrected chi connectivity index (χ3v) is 5.79. The van der Waals surface area contributed by atoms with E-state index >= 15 is 0 Å². The van der Waals surface area contributed by atoms with Gasteiger partial charge < -0.3 is 10.6 Å². The number of carbonyl (C=O) groups excluding carboxylic acids is 1. The second kappa shape index (κ2) is 7.60. The van der Waals surface area contributed by atoms with Crippen LogP contribution >= 0.6 is 22.9 Å². The van der Waals surface area contributed by atoms with Crippen LogP contribution in [-0.4, -0.2) is 28.0 Å². The molecular formula is C19H19ClN4OS. The van der Waals surface area contributed by atoms with Gasteiger partial charge in [-0.05, 0) is 49.9 Å². The van der Waals surface area contributed by atoms with Crippen molar-refractivity contribution < 1.29 is 4.79 Å². The molecule has 26 heavy (non-hydrogen) atoms. The molecule has 1 amide bonds. The van der Waals surface area contributed by atoms with Crippen molar-refractivity contribution in [3.05, 3.63) is 52.1 Å². The van der Waals surface area contributed by atoms with Crippen molar-refractivity contribution in [1.82, 2.24) is 15.3 Å². The summed E-state index contributed by atoms with van der Waals surface area (Å²) in [4.78, 5) is 21.2. The molecule has 1 aromatic carbocycles. The van der Waals surface area contributed by atoms with E-state index in [1.807, 2.05) is 30.5 Å². The lowest BCUT2D eigenvalue weighted by atomic mass is 9.91. The first-order valence-corrected chi connectivity index (χ1v) is 9.95. The SMILES string of the molecule is O=C(NC1CCC(Nc2ccnc3cc(Cl)ccc23)CC1)c1cncs1. The number of amides is 1. The second-order valence-corrected chi connectivity index (χ2v) is 7.87. The first-order chi connectivity index (χ1) is 12.7. The molecule has 0 spiro atoms. The van der Waals surface area contributed by atoms with Crippen LogP contribution in [0.2, 0.25) is 5.02 Å². The number of pyridine rings is 1. The van der Waals surface area contributed by atoms with E-state index in [4.69, 9.17) is 11.6 Å². The number of anilines is 1. The van der Waals surface area contributed by atoms with Gasteiger partial charge in [0.25, 0.3) is 5.91 Å². The lowest BCUT2D eigenvalue weighted by Crippen LogP contribution is -2.39. The van der Waals surface area contributed by atoms with Crippen LogP contribution in [0, 0.1) is 0 Å². The van der Waals surface area contributed by atoms with Crippen molar-refractivity contribution in [2.75, 3.05) is 5.32 Å². The Labute approximate surface area is 160 Å². The maximum absolute atomic E-state index is 12.1. The number of carbonyl (C=O) groups is 1. The van der Waals surface area contributed by atoms with Crippen LogP contribution in [0.5, 0.6) is 0 Å². The first kappa shape index (κ1) is 17.2. The number of hydrogen-bond acceptors (Lipinski definition) is 5. The van der Waals surface area contributed by atoms with Crippen LogP contribution in [0.1, 0.15) is 35.4 Å². The molecule has 4 rings (SSSR count). The largest absolute Gasteiger partial charge is 0.382 e. The number of nitrogens with zero attached hydrogens (tertiary/aromatic N) is 2. The van der Waals surface area contributed by atoms with E-state index < -0.39 is 0 Å². The number of thiazole rings is 1. The van der Waals surface area contributed by atoms with E-state index in [1.54, 1.807) is 11.7 Å². The van der Waals surface area contributed by atoms with Crippen LogP contribution in [0.15, 0.2) is 42.2 Å². The lowest BCUT2D eigenvalue weighted by Gasteiger charge is -2.30. The van der Waals surface area contributed by atoms with Crippen molar-refractivity contribution in [2.45, 2.75) is 37.8 Å². The van der Waals surface area contributed by atoms with Gasteiger partial charge in [0.1, 0.15) is 4.88 Å². The van der Waals surface area contributed by atoms with Crippen LogP contribution in [-0.2, 0) is 0 Å². The monoisotopic (exact) mass is 386 g/mol. The summed E-state index contributed by atoms with van der Waals surface area (Å²) in [5.41, 5.74) is 3.67. The van der Waals surface area contributed by atoms with Gasteiger partial charge in [-0.3, -0.25) is 14.8 Å². The number of rotatable bonds is 4. The van der Waals surface area contributed by atoms with Crippen LogP contribution in [0.4, 0.5) is 5.69 Å². The maximum atomic E-state index is 12.1. The summed E-state index contributed by atoms with van der Waals surface area (Å²) in [7, 11) is 0. The number of halogens is 1. The molecule has 2 heterocycles. The Hall–Kier alpha value is -2.18. The molecule has 0 aliphatic heterocycles. The van der Waals surface area contributed by atoms with Gasteiger partial charge in [0.05, 0.1) is 17.2 Å². The summed E-state index contributed by atoms with van der Waals surface area (Å²) in [6.45, 7) is 0. The van der Waals surface area contributed by atoms with Crippen LogP contribution < -0.4 is 10.6 Å². The molecule has 2 N–H and O–H groups in total. The molecule has 1 aliphatic rings. The molecule has 0 radical (unpaired) electrons. The highest BCUT2D eigenvalue weighted by Crippen LogP contribution is 2.28. The molecule has 0 bridgehead atoms. The van der Waals surface area contributed by atoms with Crippen molar-refractivity contribution in [2.24, 2.45) is 0 Å². The quantitative estimate of drug-likeness (QED) is 0.692. The number of aromatic nitrogens is 2. The standard InChI is InChI=1S/C19H19ClN4OS/c20-12-1-6-15-16(7-8-22-17(15)9-12)23-13-2-4-14(5-3-13)24-19(25)18-10-21-11-26-18/h1,6-11,13-14H,2-5H2,(H,22,23)(H,24,25). The average molecular weight is 387 g/mol. The topological polar surface area (TPSA) is 66.9 Å². The highest BCUT2D eigenvalue weighted by atomic mass is 35.5. The van der Waals surface area contributed by atoms with Crippen molar-refractivity contribution in [3.63, 3.8) is 0 Å². The summed E-state index contributed by atoms with van der Waals surface area (Å²) in [5, 5.41) is 8.54. The molecule has 0 atom stereocenters. The van der Waals surface area contributed by atoms with E-state index in [9.17, 15) is 4.79 Å². The van der Waals surface area contributed by atoms with E-state index in [1.165, 1.54) is 11.3 Å². The predicted molar refractivity (Wildman–Crippen MR) is 106 cm³/mol. The Morgan fingerprint density at radius 1 is 1.15 bits per heavy atom. The Morgan fingerprint density at radius 3 is 2.73 bits per heavy atom. The summed E-state index contributed by atoms with van der Waals surface area (Å²) < 4.78 is 0. The molecule has 1 saturated carbocycles. The van der Waals surface area contributed by atoms with Gasteiger partial charge in [-0.15, -0.1) is 11.3 Å². The smallest absolute Gasteiger partial charge is 0.263 e. The third kappa shape index (κ3) is 3.81. The maximum Gasteiger partial charge on any atom is 0.263 e. The molecule has 3 aromatic rings. The summed E-state index contributed by atoms with van der Waals surface area (Å²) in [5.74, 6) is -0.0130. The van der Waals surface area contributed by atoms with E-state index in [0.717, 1.165) is 42.3 Å². The second-order valence-electron chi connectivity index (χ2n) is 6.55. The molecule has 0 saturated heterocycles. The Balaban J connectivity index is 1.36. The average Bonchev–Trinajstić information content (AvgIpc) is 3.18. The fraction of sp³-hybridized carbons (Fsp3) is 0.316. The minimum absolute atomic E-state index is 0.0130.